The molecule has 0 bridgehead atoms. The summed E-state index contributed by atoms with van der Waals surface area (Å²) in [7, 11) is 0. The molecule has 1 aromatic rings. The van der Waals surface area contributed by atoms with Crippen molar-refractivity contribution in [3.8, 4) is 0 Å². The molecular formula is C11H15N3O. The highest BCUT2D eigenvalue weighted by molar-refractivity contribution is 5.95. The standard InChI is InChI=1S/C11H15N3O/c15-11(10-3-1-2-5-13-10)8-14-9-4-6-12-7-9/h1-3,5,9,12,14H,4,6-8H2/t9-/m1/s1. The van der Waals surface area contributed by atoms with Crippen molar-refractivity contribution in [3.05, 3.63) is 30.1 Å². The fourth-order valence-electron chi connectivity index (χ4n) is 1.68. The Labute approximate surface area is 89.1 Å². The number of pyridine rings is 1. The number of rotatable bonds is 4. The molecule has 0 aliphatic carbocycles. The molecule has 0 spiro atoms. The van der Waals surface area contributed by atoms with Gasteiger partial charge in [-0.05, 0) is 25.1 Å². The molecule has 4 heteroatoms. The maximum atomic E-state index is 11.7. The Kier molecular flexibility index (Phi) is 3.42. The monoisotopic (exact) mass is 205 g/mol. The van der Waals surface area contributed by atoms with E-state index in [0.29, 0.717) is 18.3 Å². The van der Waals surface area contributed by atoms with E-state index in [9.17, 15) is 4.79 Å². The second-order valence-corrected chi connectivity index (χ2v) is 3.71. The summed E-state index contributed by atoms with van der Waals surface area (Å²) >= 11 is 0. The van der Waals surface area contributed by atoms with E-state index < -0.39 is 0 Å². The number of hydrogen-bond donors (Lipinski definition) is 2. The van der Waals surface area contributed by atoms with Gasteiger partial charge in [-0.3, -0.25) is 9.78 Å². The van der Waals surface area contributed by atoms with Crippen LogP contribution < -0.4 is 10.6 Å². The second-order valence-electron chi connectivity index (χ2n) is 3.71. The minimum atomic E-state index is 0.0579. The first-order chi connectivity index (χ1) is 7.36. The molecule has 1 saturated heterocycles. The van der Waals surface area contributed by atoms with Gasteiger partial charge in [-0.25, -0.2) is 0 Å². The van der Waals surface area contributed by atoms with Crippen molar-refractivity contribution in [1.82, 2.24) is 15.6 Å². The number of Topliss-reactive ketones (excluding diaryl/α,β-unsaturated/α-hetero) is 1. The van der Waals surface area contributed by atoms with E-state index >= 15 is 0 Å². The van der Waals surface area contributed by atoms with Crippen molar-refractivity contribution in [2.45, 2.75) is 12.5 Å². The van der Waals surface area contributed by atoms with Gasteiger partial charge >= 0.3 is 0 Å². The molecule has 1 aliphatic rings. The van der Waals surface area contributed by atoms with E-state index in [1.165, 1.54) is 0 Å². The lowest BCUT2D eigenvalue weighted by atomic mass is 10.2. The Hall–Kier alpha value is -1.26. The summed E-state index contributed by atoms with van der Waals surface area (Å²) in [5, 5.41) is 6.47. The summed E-state index contributed by atoms with van der Waals surface area (Å²) in [5.41, 5.74) is 0.538. The summed E-state index contributed by atoms with van der Waals surface area (Å²) in [6.45, 7) is 2.37. The Morgan fingerprint density at radius 2 is 2.53 bits per heavy atom. The highest BCUT2D eigenvalue weighted by Crippen LogP contribution is 1.98. The van der Waals surface area contributed by atoms with E-state index in [1.54, 1.807) is 12.3 Å². The summed E-state index contributed by atoms with van der Waals surface area (Å²) in [5.74, 6) is 0.0579. The van der Waals surface area contributed by atoms with Crippen molar-refractivity contribution in [3.63, 3.8) is 0 Å². The highest BCUT2D eigenvalue weighted by atomic mass is 16.1. The van der Waals surface area contributed by atoms with Crippen LogP contribution in [0, 0.1) is 0 Å². The van der Waals surface area contributed by atoms with Gasteiger partial charge in [0.05, 0.1) is 6.54 Å². The molecule has 2 N–H and O–H groups in total. The smallest absolute Gasteiger partial charge is 0.194 e. The largest absolute Gasteiger partial charge is 0.315 e. The first kappa shape index (κ1) is 10.3. The molecule has 2 heterocycles. The van der Waals surface area contributed by atoms with Crippen LogP contribution in [0.15, 0.2) is 24.4 Å². The van der Waals surface area contributed by atoms with Gasteiger partial charge in [0.1, 0.15) is 5.69 Å². The van der Waals surface area contributed by atoms with Gasteiger partial charge in [0.25, 0.3) is 0 Å². The molecule has 1 fully saturated rings. The summed E-state index contributed by atoms with van der Waals surface area (Å²) < 4.78 is 0. The number of hydrogen-bond acceptors (Lipinski definition) is 4. The zero-order chi connectivity index (χ0) is 10.5. The molecule has 0 radical (unpaired) electrons. The molecule has 0 unspecified atom stereocenters. The Morgan fingerprint density at radius 3 is 3.20 bits per heavy atom. The van der Waals surface area contributed by atoms with Gasteiger partial charge in [-0.1, -0.05) is 6.07 Å². The van der Waals surface area contributed by atoms with E-state index in [1.807, 2.05) is 12.1 Å². The normalized spacial score (nSPS) is 20.4. The molecule has 4 nitrogen and oxygen atoms in total. The van der Waals surface area contributed by atoms with Gasteiger partial charge in [0, 0.05) is 18.8 Å². The summed E-state index contributed by atoms with van der Waals surface area (Å²) in [4.78, 5) is 15.7. The number of nitrogens with one attached hydrogen (secondary N) is 2. The first-order valence-corrected chi connectivity index (χ1v) is 5.24. The Morgan fingerprint density at radius 1 is 1.60 bits per heavy atom. The lowest BCUT2D eigenvalue weighted by Crippen LogP contribution is -2.35. The molecule has 1 aromatic heterocycles. The molecule has 1 aliphatic heterocycles. The molecule has 0 aromatic carbocycles. The average molecular weight is 205 g/mol. The number of ketones is 1. The number of aromatic nitrogens is 1. The first-order valence-electron chi connectivity index (χ1n) is 5.24. The molecule has 80 valence electrons. The predicted octanol–water partition coefficient (Wildman–Crippen LogP) is 0.216. The fraction of sp³-hybridized carbons (Fsp3) is 0.455. The molecule has 2 rings (SSSR count). The Bertz CT molecular complexity index is 320. The molecule has 0 saturated carbocycles. The molecule has 0 amide bonds. The zero-order valence-electron chi connectivity index (χ0n) is 8.57. The van der Waals surface area contributed by atoms with Gasteiger partial charge in [-0.15, -0.1) is 0 Å². The van der Waals surface area contributed by atoms with Crippen LogP contribution in [0.2, 0.25) is 0 Å². The fourth-order valence-corrected chi connectivity index (χ4v) is 1.68. The minimum absolute atomic E-state index is 0.0579. The van der Waals surface area contributed by atoms with Crippen molar-refractivity contribution in [2.24, 2.45) is 0 Å². The maximum Gasteiger partial charge on any atom is 0.194 e. The van der Waals surface area contributed by atoms with Gasteiger partial charge in [0.2, 0.25) is 0 Å². The van der Waals surface area contributed by atoms with Crippen LogP contribution in [0.3, 0.4) is 0 Å². The van der Waals surface area contributed by atoms with Gasteiger partial charge in [0.15, 0.2) is 5.78 Å². The number of carbonyl (C=O) groups is 1. The van der Waals surface area contributed by atoms with Crippen LogP contribution in [0.4, 0.5) is 0 Å². The Balaban J connectivity index is 1.82. The topological polar surface area (TPSA) is 54.0 Å². The van der Waals surface area contributed by atoms with Crippen LogP contribution in [0.1, 0.15) is 16.9 Å². The van der Waals surface area contributed by atoms with Crippen LogP contribution in [-0.2, 0) is 0 Å². The summed E-state index contributed by atoms with van der Waals surface area (Å²) in [6, 6.07) is 5.82. The lowest BCUT2D eigenvalue weighted by Gasteiger charge is -2.09. The molecular weight excluding hydrogens is 190 g/mol. The maximum absolute atomic E-state index is 11.7. The van der Waals surface area contributed by atoms with Crippen LogP contribution in [-0.4, -0.2) is 36.4 Å². The number of carbonyl (C=O) groups excluding carboxylic acids is 1. The van der Waals surface area contributed by atoms with Crippen molar-refractivity contribution in [2.75, 3.05) is 19.6 Å². The van der Waals surface area contributed by atoms with E-state index in [2.05, 4.69) is 15.6 Å². The zero-order valence-corrected chi connectivity index (χ0v) is 8.57. The minimum Gasteiger partial charge on any atom is -0.315 e. The number of nitrogens with zero attached hydrogens (tertiary/aromatic N) is 1. The highest BCUT2D eigenvalue weighted by Gasteiger charge is 2.15. The van der Waals surface area contributed by atoms with E-state index in [0.717, 1.165) is 19.5 Å². The van der Waals surface area contributed by atoms with E-state index in [4.69, 9.17) is 0 Å². The predicted molar refractivity (Wildman–Crippen MR) is 57.8 cm³/mol. The third-order valence-corrected chi connectivity index (χ3v) is 2.56. The van der Waals surface area contributed by atoms with Crippen molar-refractivity contribution >= 4 is 5.78 Å². The van der Waals surface area contributed by atoms with Crippen LogP contribution in [0.5, 0.6) is 0 Å². The quantitative estimate of drug-likeness (QED) is 0.690. The second kappa shape index (κ2) is 5.00. The van der Waals surface area contributed by atoms with Crippen molar-refractivity contribution < 1.29 is 4.79 Å². The molecule has 15 heavy (non-hydrogen) atoms. The van der Waals surface area contributed by atoms with Crippen molar-refractivity contribution in [1.29, 1.82) is 0 Å². The SMILES string of the molecule is O=C(CN[C@@H]1CCNC1)c1ccccn1. The molecule has 1 atom stereocenters. The third-order valence-electron chi connectivity index (χ3n) is 2.56. The summed E-state index contributed by atoms with van der Waals surface area (Å²) in [6.07, 6.45) is 2.74. The van der Waals surface area contributed by atoms with E-state index in [-0.39, 0.29) is 5.78 Å². The van der Waals surface area contributed by atoms with Gasteiger partial charge in [-0.2, -0.15) is 0 Å². The van der Waals surface area contributed by atoms with Gasteiger partial charge < -0.3 is 10.6 Å². The third kappa shape index (κ3) is 2.84. The van der Waals surface area contributed by atoms with Crippen LogP contribution >= 0.6 is 0 Å². The average Bonchev–Trinajstić information content (AvgIpc) is 2.80. The lowest BCUT2D eigenvalue weighted by molar-refractivity contribution is 0.0983. The van der Waals surface area contributed by atoms with Crippen LogP contribution in [0.25, 0.3) is 0 Å².